The van der Waals surface area contributed by atoms with Crippen LogP contribution in [0.25, 0.3) is 0 Å². The molecular formula is C18H36Cl2N2O8. The van der Waals surface area contributed by atoms with Crippen LogP contribution in [0.3, 0.4) is 0 Å². The Morgan fingerprint density at radius 3 is 1.40 bits per heavy atom. The molecule has 0 bridgehead atoms. The second-order valence-corrected chi connectivity index (χ2v) is 5.57. The van der Waals surface area contributed by atoms with E-state index in [9.17, 15) is 19.2 Å². The number of hydrogen-bond donors (Lipinski definition) is 2. The lowest BCUT2D eigenvalue weighted by Gasteiger charge is -2.10. The lowest BCUT2D eigenvalue weighted by Crippen LogP contribution is -2.35. The van der Waals surface area contributed by atoms with Crippen molar-refractivity contribution in [2.75, 3.05) is 26.4 Å². The highest BCUT2D eigenvalue weighted by Crippen LogP contribution is 1.97. The van der Waals surface area contributed by atoms with E-state index in [2.05, 4.69) is 9.47 Å². The van der Waals surface area contributed by atoms with Crippen LogP contribution in [-0.2, 0) is 38.1 Å². The standard InChI is InChI=1S/C10H19NO4.C8H15NO4.2ClH/c1-3-5-14-9(12)7-8(11)10(13)15-6-4-2;1-3-12-7(10)5-6(9)8(11)13-4-2;;/h8H,3-7,11H2,1-2H3;6H,3-5,9H2,1-2H3;2*1H/t8-;6-;;/m00../s1. The van der Waals surface area contributed by atoms with E-state index in [4.69, 9.17) is 20.9 Å². The Hall–Kier alpha value is -1.62. The molecule has 0 unspecified atom stereocenters. The molecule has 0 saturated heterocycles. The number of carbonyl (C=O) groups excluding carboxylic acids is 4. The van der Waals surface area contributed by atoms with Crippen LogP contribution >= 0.6 is 24.8 Å². The zero-order chi connectivity index (χ0) is 21.9. The van der Waals surface area contributed by atoms with Gasteiger partial charge in [-0.1, -0.05) is 13.8 Å². The van der Waals surface area contributed by atoms with Gasteiger partial charge in [0.25, 0.3) is 0 Å². The van der Waals surface area contributed by atoms with Crippen LogP contribution in [0.5, 0.6) is 0 Å². The van der Waals surface area contributed by atoms with E-state index in [1.54, 1.807) is 13.8 Å². The fourth-order valence-electron chi connectivity index (χ4n) is 1.58. The molecule has 0 aromatic carbocycles. The van der Waals surface area contributed by atoms with Crippen LogP contribution in [0.4, 0.5) is 0 Å². The van der Waals surface area contributed by atoms with Crippen molar-refractivity contribution in [1.29, 1.82) is 0 Å². The summed E-state index contributed by atoms with van der Waals surface area (Å²) in [5.74, 6) is -2.07. The van der Waals surface area contributed by atoms with E-state index < -0.39 is 36.0 Å². The quantitative estimate of drug-likeness (QED) is 0.309. The Kier molecular flexibility index (Phi) is 28.2. The van der Waals surface area contributed by atoms with E-state index >= 15 is 0 Å². The van der Waals surface area contributed by atoms with Gasteiger partial charge in [-0.2, -0.15) is 0 Å². The SMILES string of the molecule is CCCOC(=O)C[C@H](N)C(=O)OCCC.CCOC(=O)C[C@H](N)C(=O)OCC.Cl.Cl. The average Bonchev–Trinajstić information content (AvgIpc) is 2.65. The first-order valence-corrected chi connectivity index (χ1v) is 9.38. The third kappa shape index (κ3) is 21.1. The Morgan fingerprint density at radius 2 is 1.00 bits per heavy atom. The monoisotopic (exact) mass is 478 g/mol. The highest BCUT2D eigenvalue weighted by molar-refractivity contribution is 5.85. The number of nitrogens with two attached hydrogens (primary N) is 2. The number of ether oxygens (including phenoxy) is 4. The van der Waals surface area contributed by atoms with Gasteiger partial charge in [0.2, 0.25) is 0 Å². The maximum atomic E-state index is 11.2. The predicted octanol–water partition coefficient (Wildman–Crippen LogP) is 1.28. The van der Waals surface area contributed by atoms with Crippen molar-refractivity contribution in [1.82, 2.24) is 0 Å². The molecule has 10 nitrogen and oxygen atoms in total. The summed E-state index contributed by atoms with van der Waals surface area (Å²) in [5, 5.41) is 0. The van der Waals surface area contributed by atoms with E-state index in [0.29, 0.717) is 13.2 Å². The van der Waals surface area contributed by atoms with Crippen LogP contribution < -0.4 is 11.5 Å². The first-order valence-electron chi connectivity index (χ1n) is 9.38. The Bertz CT molecular complexity index is 481. The minimum atomic E-state index is -0.918. The van der Waals surface area contributed by atoms with Crippen molar-refractivity contribution in [2.45, 2.75) is 65.5 Å². The Morgan fingerprint density at radius 1 is 0.633 bits per heavy atom. The smallest absolute Gasteiger partial charge is 0.323 e. The average molecular weight is 479 g/mol. The van der Waals surface area contributed by atoms with Gasteiger partial charge < -0.3 is 30.4 Å². The Balaban J connectivity index is -0.000000213. The van der Waals surface area contributed by atoms with Gasteiger partial charge in [-0.15, -0.1) is 24.8 Å². The van der Waals surface area contributed by atoms with Gasteiger partial charge in [0.1, 0.15) is 12.1 Å². The molecule has 30 heavy (non-hydrogen) atoms. The lowest BCUT2D eigenvalue weighted by atomic mass is 10.2. The second-order valence-electron chi connectivity index (χ2n) is 5.57. The summed E-state index contributed by atoms with van der Waals surface area (Å²) in [7, 11) is 0. The van der Waals surface area contributed by atoms with Gasteiger partial charge >= 0.3 is 23.9 Å². The van der Waals surface area contributed by atoms with Gasteiger partial charge in [0.15, 0.2) is 0 Å². The molecule has 0 spiro atoms. The number of esters is 4. The molecule has 0 saturated carbocycles. The maximum Gasteiger partial charge on any atom is 0.323 e. The molecule has 0 aliphatic heterocycles. The third-order valence-electron chi connectivity index (χ3n) is 2.89. The first kappa shape index (κ1) is 35.8. The summed E-state index contributed by atoms with van der Waals surface area (Å²) in [6.45, 7) is 8.37. The summed E-state index contributed by atoms with van der Waals surface area (Å²) in [6.07, 6.45) is 1.23. The molecule has 0 fully saturated rings. The van der Waals surface area contributed by atoms with Crippen LogP contribution in [0.1, 0.15) is 53.4 Å². The molecule has 0 aromatic rings. The largest absolute Gasteiger partial charge is 0.466 e. The van der Waals surface area contributed by atoms with Crippen molar-refractivity contribution >= 4 is 48.7 Å². The molecule has 0 aliphatic rings. The number of rotatable bonds is 12. The summed E-state index contributed by atoms with van der Waals surface area (Å²) in [5.41, 5.74) is 10.8. The molecule has 0 amide bonds. The zero-order valence-corrected chi connectivity index (χ0v) is 19.7. The van der Waals surface area contributed by atoms with Crippen LogP contribution in [0.2, 0.25) is 0 Å². The van der Waals surface area contributed by atoms with Gasteiger partial charge in [0.05, 0.1) is 39.3 Å². The van der Waals surface area contributed by atoms with E-state index in [1.807, 2.05) is 13.8 Å². The molecule has 12 heteroatoms. The summed E-state index contributed by atoms with van der Waals surface area (Å²) < 4.78 is 18.8. The highest BCUT2D eigenvalue weighted by atomic mass is 35.5. The van der Waals surface area contributed by atoms with Crippen LogP contribution in [0, 0.1) is 0 Å². The van der Waals surface area contributed by atoms with E-state index in [-0.39, 0.29) is 50.9 Å². The molecular weight excluding hydrogens is 443 g/mol. The van der Waals surface area contributed by atoms with E-state index in [1.165, 1.54) is 0 Å². The topological polar surface area (TPSA) is 157 Å². The lowest BCUT2D eigenvalue weighted by molar-refractivity contribution is -0.151. The van der Waals surface area contributed by atoms with Crippen LogP contribution in [-0.4, -0.2) is 62.4 Å². The normalized spacial score (nSPS) is 11.1. The number of hydrogen-bond acceptors (Lipinski definition) is 10. The fourth-order valence-corrected chi connectivity index (χ4v) is 1.58. The number of carbonyl (C=O) groups is 4. The number of halogens is 2. The molecule has 0 heterocycles. The maximum absolute atomic E-state index is 11.2. The zero-order valence-electron chi connectivity index (χ0n) is 18.0. The van der Waals surface area contributed by atoms with E-state index in [0.717, 1.165) is 12.8 Å². The minimum Gasteiger partial charge on any atom is -0.466 e. The summed E-state index contributed by atoms with van der Waals surface area (Å²) >= 11 is 0. The summed E-state index contributed by atoms with van der Waals surface area (Å²) in [6, 6.07) is -1.83. The van der Waals surface area contributed by atoms with Gasteiger partial charge in [-0.25, -0.2) is 0 Å². The highest BCUT2D eigenvalue weighted by Gasteiger charge is 2.20. The van der Waals surface area contributed by atoms with Crippen molar-refractivity contribution in [3.63, 3.8) is 0 Å². The molecule has 0 aliphatic carbocycles. The van der Waals surface area contributed by atoms with Crippen molar-refractivity contribution in [2.24, 2.45) is 11.5 Å². The van der Waals surface area contributed by atoms with Crippen molar-refractivity contribution in [3.8, 4) is 0 Å². The molecule has 0 radical (unpaired) electrons. The van der Waals surface area contributed by atoms with Crippen molar-refractivity contribution in [3.05, 3.63) is 0 Å². The molecule has 0 rings (SSSR count). The Labute approximate surface area is 190 Å². The third-order valence-corrected chi connectivity index (χ3v) is 2.89. The van der Waals surface area contributed by atoms with Crippen molar-refractivity contribution < 1.29 is 38.1 Å². The molecule has 2 atom stereocenters. The van der Waals surface area contributed by atoms with Crippen LogP contribution in [0.15, 0.2) is 0 Å². The predicted molar refractivity (Wildman–Crippen MR) is 115 cm³/mol. The minimum absolute atomic E-state index is 0. The summed E-state index contributed by atoms with van der Waals surface area (Å²) in [4.78, 5) is 44.0. The molecule has 4 N–H and O–H groups in total. The second kappa shape index (κ2) is 23.7. The first-order chi connectivity index (χ1) is 13.2. The molecule has 0 aromatic heterocycles. The van der Waals surface area contributed by atoms with Gasteiger partial charge in [-0.05, 0) is 26.7 Å². The fraction of sp³-hybridized carbons (Fsp3) is 0.778. The molecule has 180 valence electrons. The van der Waals surface area contributed by atoms with Gasteiger partial charge in [-0.3, -0.25) is 19.2 Å². The van der Waals surface area contributed by atoms with Gasteiger partial charge in [0, 0.05) is 0 Å².